The van der Waals surface area contributed by atoms with Gasteiger partial charge >= 0.3 is 5.97 Å². The molecule has 3 aromatic carbocycles. The Hall–Kier alpha value is -4.44. The number of sulfonamides is 1. The van der Waals surface area contributed by atoms with Crippen LogP contribution in [0.1, 0.15) is 35.1 Å². The Bertz CT molecular complexity index is 1890. The summed E-state index contributed by atoms with van der Waals surface area (Å²) in [5, 5.41) is 0.545. The highest BCUT2D eigenvalue weighted by Gasteiger charge is 2.38. The molecular formula is C34H31ClN2O6S. The second-order valence-electron chi connectivity index (χ2n) is 10.4. The van der Waals surface area contributed by atoms with Crippen molar-refractivity contribution in [2.45, 2.75) is 38.8 Å². The Morgan fingerprint density at radius 1 is 0.932 bits per heavy atom. The first-order valence-corrected chi connectivity index (χ1v) is 15.6. The molecule has 0 saturated heterocycles. The van der Waals surface area contributed by atoms with E-state index >= 15 is 0 Å². The number of methoxy groups -OCH3 is 1. The van der Waals surface area contributed by atoms with E-state index in [1.165, 1.54) is 34.5 Å². The maximum absolute atomic E-state index is 13.7. The molecule has 226 valence electrons. The van der Waals surface area contributed by atoms with Crippen molar-refractivity contribution in [1.82, 2.24) is 4.31 Å². The van der Waals surface area contributed by atoms with Gasteiger partial charge in [0.05, 0.1) is 29.7 Å². The molecule has 0 radical (unpaired) electrons. The van der Waals surface area contributed by atoms with Gasteiger partial charge in [0.1, 0.15) is 11.5 Å². The maximum atomic E-state index is 13.7. The summed E-state index contributed by atoms with van der Waals surface area (Å²) >= 11 is 6.04. The molecule has 5 rings (SSSR count). The molecule has 10 heteroatoms. The van der Waals surface area contributed by atoms with Gasteiger partial charge in [0, 0.05) is 23.0 Å². The zero-order valence-corrected chi connectivity index (χ0v) is 26.3. The first kappa shape index (κ1) is 31.0. The highest BCUT2D eigenvalue weighted by molar-refractivity contribution is 7.89. The van der Waals surface area contributed by atoms with E-state index in [0.29, 0.717) is 22.2 Å². The fourth-order valence-corrected chi connectivity index (χ4v) is 6.53. The molecule has 1 aromatic heterocycles. The summed E-state index contributed by atoms with van der Waals surface area (Å²) in [6.45, 7) is 5.62. The predicted molar refractivity (Wildman–Crippen MR) is 169 cm³/mol. The fraction of sp³-hybridized carbons (Fsp3) is 0.176. The lowest BCUT2D eigenvalue weighted by Gasteiger charge is -2.21. The van der Waals surface area contributed by atoms with Crippen LogP contribution in [0.15, 0.2) is 111 Å². The molecule has 4 aromatic rings. The summed E-state index contributed by atoms with van der Waals surface area (Å²) < 4.78 is 39.7. The molecule has 44 heavy (non-hydrogen) atoms. The number of hydrogen-bond donors (Lipinski definition) is 0. The molecule has 0 fully saturated rings. The first-order valence-electron chi connectivity index (χ1n) is 13.8. The zero-order valence-electron chi connectivity index (χ0n) is 24.7. The number of rotatable bonds is 9. The lowest BCUT2D eigenvalue weighted by atomic mass is 10.1. The molecule has 2 heterocycles. The van der Waals surface area contributed by atoms with Crippen LogP contribution in [0.25, 0.3) is 6.08 Å². The quantitative estimate of drug-likeness (QED) is 0.149. The number of nitrogens with zero attached hydrogens (tertiary/aromatic N) is 2. The number of amides is 1. The lowest BCUT2D eigenvalue weighted by molar-refractivity contribution is -0.136. The van der Waals surface area contributed by atoms with Crippen LogP contribution in [0.3, 0.4) is 0 Å². The number of furan rings is 1. The summed E-state index contributed by atoms with van der Waals surface area (Å²) in [4.78, 5) is 28.2. The van der Waals surface area contributed by atoms with Gasteiger partial charge in [-0.2, -0.15) is 4.31 Å². The molecule has 0 saturated carbocycles. The van der Waals surface area contributed by atoms with Gasteiger partial charge in [-0.05, 0) is 92.1 Å². The summed E-state index contributed by atoms with van der Waals surface area (Å²) in [5.74, 6) is -0.423. The third kappa shape index (κ3) is 6.26. The third-order valence-electron chi connectivity index (χ3n) is 7.49. The van der Waals surface area contributed by atoms with Crippen LogP contribution in [0.4, 0.5) is 5.69 Å². The van der Waals surface area contributed by atoms with Crippen molar-refractivity contribution >= 4 is 45.3 Å². The van der Waals surface area contributed by atoms with E-state index in [0.717, 1.165) is 16.7 Å². The number of anilines is 1. The molecule has 8 nitrogen and oxygen atoms in total. The van der Waals surface area contributed by atoms with Gasteiger partial charge in [-0.3, -0.25) is 9.69 Å². The Balaban J connectivity index is 1.48. The van der Waals surface area contributed by atoms with Crippen molar-refractivity contribution in [3.63, 3.8) is 0 Å². The van der Waals surface area contributed by atoms with E-state index in [-0.39, 0.29) is 34.9 Å². The minimum absolute atomic E-state index is 0.0728. The molecular weight excluding hydrogens is 600 g/mol. The van der Waals surface area contributed by atoms with Crippen molar-refractivity contribution < 1.29 is 27.2 Å². The number of halogens is 1. The van der Waals surface area contributed by atoms with Crippen LogP contribution in [0.2, 0.25) is 5.02 Å². The molecule has 0 N–H and O–H groups in total. The minimum atomic E-state index is -3.91. The van der Waals surface area contributed by atoms with Crippen molar-refractivity contribution in [2.24, 2.45) is 0 Å². The Kier molecular flexibility index (Phi) is 8.92. The number of ether oxygens (including phenoxy) is 1. The number of allylic oxidation sites excluding steroid dienone is 1. The predicted octanol–water partition coefficient (Wildman–Crippen LogP) is 6.82. The van der Waals surface area contributed by atoms with Crippen LogP contribution >= 0.6 is 11.6 Å². The monoisotopic (exact) mass is 630 g/mol. The molecule has 1 aliphatic heterocycles. The summed E-state index contributed by atoms with van der Waals surface area (Å²) in [6.07, 6.45) is 1.48. The summed E-state index contributed by atoms with van der Waals surface area (Å²) in [5.41, 5.74) is 4.14. The molecule has 0 bridgehead atoms. The zero-order chi connectivity index (χ0) is 31.6. The lowest BCUT2D eigenvalue weighted by Crippen LogP contribution is -2.30. The largest absolute Gasteiger partial charge is 0.465 e. The van der Waals surface area contributed by atoms with Gasteiger partial charge in [-0.15, -0.1) is 0 Å². The van der Waals surface area contributed by atoms with Crippen LogP contribution < -0.4 is 4.90 Å². The third-order valence-corrected chi connectivity index (χ3v) is 9.55. The van der Waals surface area contributed by atoms with Crippen molar-refractivity contribution in [1.29, 1.82) is 0 Å². The van der Waals surface area contributed by atoms with Crippen molar-refractivity contribution in [3.05, 3.63) is 135 Å². The number of carbonyl (C=O) groups excluding carboxylic acids is 2. The number of hydrogen-bond acceptors (Lipinski definition) is 6. The number of benzene rings is 3. The number of aryl methyl sites for hydroxylation is 2. The second-order valence-corrected chi connectivity index (χ2v) is 12.8. The van der Waals surface area contributed by atoms with Gasteiger partial charge < -0.3 is 9.15 Å². The Morgan fingerprint density at radius 3 is 2.30 bits per heavy atom. The van der Waals surface area contributed by atoms with Gasteiger partial charge in [0.2, 0.25) is 10.0 Å². The van der Waals surface area contributed by atoms with Crippen molar-refractivity contribution in [2.75, 3.05) is 12.0 Å². The van der Waals surface area contributed by atoms with Crippen LogP contribution in [-0.4, -0.2) is 31.7 Å². The average Bonchev–Trinajstić information content (AvgIpc) is 3.56. The van der Waals surface area contributed by atoms with E-state index in [2.05, 4.69) is 0 Å². The molecule has 0 atom stereocenters. The van der Waals surface area contributed by atoms with E-state index in [4.69, 9.17) is 20.8 Å². The van der Waals surface area contributed by atoms with Crippen LogP contribution in [0, 0.1) is 13.8 Å². The second kappa shape index (κ2) is 12.7. The van der Waals surface area contributed by atoms with Crippen LogP contribution in [0.5, 0.6) is 0 Å². The van der Waals surface area contributed by atoms with E-state index in [1.54, 1.807) is 61.5 Å². The maximum Gasteiger partial charge on any atom is 0.340 e. The molecule has 0 aliphatic carbocycles. The van der Waals surface area contributed by atoms with E-state index < -0.39 is 21.9 Å². The molecule has 1 amide bonds. The van der Waals surface area contributed by atoms with Crippen molar-refractivity contribution in [3.8, 4) is 0 Å². The first-order chi connectivity index (χ1) is 21.0. The van der Waals surface area contributed by atoms with Gasteiger partial charge in [0.25, 0.3) is 5.91 Å². The minimum Gasteiger partial charge on any atom is -0.465 e. The summed E-state index contributed by atoms with van der Waals surface area (Å²) in [6, 6.07) is 24.0. The Morgan fingerprint density at radius 2 is 1.64 bits per heavy atom. The highest BCUT2D eigenvalue weighted by Crippen LogP contribution is 2.36. The van der Waals surface area contributed by atoms with Gasteiger partial charge in [-0.1, -0.05) is 48.0 Å². The molecule has 1 aliphatic rings. The SMILES string of the molecule is COC(=O)C1=C(C)N(c2ccc(C)c(C)c2)C(=O)/C1=C/c1ccc(CN(Cc2ccc(Cl)cc2)S(=O)(=O)c2ccccc2)o1. The van der Waals surface area contributed by atoms with Crippen LogP contribution in [-0.2, 0) is 37.4 Å². The van der Waals surface area contributed by atoms with Gasteiger partial charge in [-0.25, -0.2) is 13.2 Å². The molecule has 0 spiro atoms. The standard InChI is InChI=1S/C34H31ClN2O6S/c1-22-10-15-27(18-23(22)2)37-24(3)32(34(39)42-4)31(33(37)38)19-28-16-17-29(43-28)21-36(20-25-11-13-26(35)14-12-25)44(40,41)30-8-6-5-7-9-30/h5-19H,20-21H2,1-4H3/b31-19+. The van der Waals surface area contributed by atoms with E-state index in [9.17, 15) is 18.0 Å². The smallest absolute Gasteiger partial charge is 0.340 e. The fourth-order valence-electron chi connectivity index (χ4n) is 4.99. The summed E-state index contributed by atoms with van der Waals surface area (Å²) in [7, 11) is -2.65. The normalized spacial score (nSPS) is 14.6. The Labute approximate surface area is 261 Å². The number of esters is 1. The van der Waals surface area contributed by atoms with E-state index in [1.807, 2.05) is 32.0 Å². The topological polar surface area (TPSA) is 97.1 Å². The average molecular weight is 631 g/mol. The number of carbonyl (C=O) groups is 2. The highest BCUT2D eigenvalue weighted by atomic mass is 35.5. The van der Waals surface area contributed by atoms with Gasteiger partial charge in [0.15, 0.2) is 0 Å². The molecule has 0 unspecified atom stereocenters.